The summed E-state index contributed by atoms with van der Waals surface area (Å²) in [7, 11) is 0. The molecule has 1 aliphatic rings. The highest BCUT2D eigenvalue weighted by Crippen LogP contribution is 2.21. The van der Waals surface area contributed by atoms with Crippen molar-refractivity contribution in [2.24, 2.45) is 0 Å². The molecule has 12 heavy (non-hydrogen) atoms. The Morgan fingerprint density at radius 3 is 2.83 bits per heavy atom. The fourth-order valence-electron chi connectivity index (χ4n) is 1.27. The average Bonchev–Trinajstić information content (AvgIpc) is 2.54. The molecule has 66 valence electrons. The smallest absolute Gasteiger partial charge is 0.123 e. The van der Waals surface area contributed by atoms with Crippen LogP contribution in [0.4, 0.5) is 10.1 Å². The molecule has 1 nitrogen and oxygen atoms in total. The zero-order chi connectivity index (χ0) is 8.97. The van der Waals surface area contributed by atoms with Crippen LogP contribution in [0, 0.1) is 5.82 Å². The summed E-state index contributed by atoms with van der Waals surface area (Å²) >= 11 is 0. The maximum Gasteiger partial charge on any atom is 0.123 e. The predicted molar refractivity (Wildman–Crippen MR) is 49.9 cm³/mol. The van der Waals surface area contributed by atoms with Crippen LogP contribution in [0.15, 0.2) is 18.2 Å². The Balaban J connectivity index is 0.000000336. The second-order valence-corrected chi connectivity index (χ2v) is 2.48. The number of nitrogens with one attached hydrogen (secondary N) is 1. The molecule has 0 saturated carbocycles. The average molecular weight is 167 g/mol. The second kappa shape index (κ2) is 4.10. The fourth-order valence-corrected chi connectivity index (χ4v) is 1.27. The maximum atomic E-state index is 12.5. The Morgan fingerprint density at radius 1 is 1.33 bits per heavy atom. The number of benzene rings is 1. The molecule has 1 aromatic carbocycles. The zero-order valence-corrected chi connectivity index (χ0v) is 7.52. The summed E-state index contributed by atoms with van der Waals surface area (Å²) in [5, 5.41) is 3.16. The van der Waals surface area contributed by atoms with E-state index >= 15 is 0 Å². The van der Waals surface area contributed by atoms with Gasteiger partial charge in [-0.15, -0.1) is 0 Å². The van der Waals surface area contributed by atoms with Crippen molar-refractivity contribution in [3.8, 4) is 0 Å². The monoisotopic (exact) mass is 167 g/mol. The molecule has 1 aromatic rings. The number of halogens is 1. The number of rotatable bonds is 0. The van der Waals surface area contributed by atoms with Gasteiger partial charge in [-0.25, -0.2) is 4.39 Å². The third-order valence-corrected chi connectivity index (χ3v) is 1.78. The molecule has 0 bridgehead atoms. The number of hydrogen-bond donors (Lipinski definition) is 1. The summed E-state index contributed by atoms with van der Waals surface area (Å²) in [5.74, 6) is -0.137. The van der Waals surface area contributed by atoms with E-state index in [0.717, 1.165) is 24.2 Å². The molecular formula is C10H14FN. The lowest BCUT2D eigenvalue weighted by molar-refractivity contribution is 0.626. The van der Waals surface area contributed by atoms with Gasteiger partial charge in [0.15, 0.2) is 0 Å². The van der Waals surface area contributed by atoms with Gasteiger partial charge in [0.1, 0.15) is 5.82 Å². The Kier molecular flexibility index (Phi) is 3.09. The third kappa shape index (κ3) is 1.76. The van der Waals surface area contributed by atoms with Crippen LogP contribution >= 0.6 is 0 Å². The van der Waals surface area contributed by atoms with Gasteiger partial charge in [0, 0.05) is 12.2 Å². The van der Waals surface area contributed by atoms with Crippen molar-refractivity contribution in [1.29, 1.82) is 0 Å². The van der Waals surface area contributed by atoms with Gasteiger partial charge in [-0.2, -0.15) is 0 Å². The van der Waals surface area contributed by atoms with Gasteiger partial charge in [-0.1, -0.05) is 13.8 Å². The lowest BCUT2D eigenvalue weighted by Gasteiger charge is -1.96. The first-order valence-corrected chi connectivity index (χ1v) is 4.38. The molecule has 0 amide bonds. The SMILES string of the molecule is CC.Fc1ccc2c(c1)CCN2. The number of fused-ring (bicyclic) bond motifs is 1. The molecule has 0 saturated heterocycles. The topological polar surface area (TPSA) is 12.0 Å². The first-order valence-electron chi connectivity index (χ1n) is 4.38. The van der Waals surface area contributed by atoms with Crippen LogP contribution in [0.5, 0.6) is 0 Å². The second-order valence-electron chi connectivity index (χ2n) is 2.48. The van der Waals surface area contributed by atoms with Crippen molar-refractivity contribution in [2.45, 2.75) is 20.3 Å². The molecule has 0 atom stereocenters. The summed E-state index contributed by atoms with van der Waals surface area (Å²) in [5.41, 5.74) is 2.18. The minimum absolute atomic E-state index is 0.137. The molecule has 2 rings (SSSR count). The molecule has 0 unspecified atom stereocenters. The number of hydrogen-bond acceptors (Lipinski definition) is 1. The molecule has 1 aliphatic heterocycles. The van der Waals surface area contributed by atoms with E-state index < -0.39 is 0 Å². The van der Waals surface area contributed by atoms with Gasteiger partial charge in [0.2, 0.25) is 0 Å². The van der Waals surface area contributed by atoms with Crippen LogP contribution < -0.4 is 5.32 Å². The van der Waals surface area contributed by atoms with Gasteiger partial charge >= 0.3 is 0 Å². The summed E-state index contributed by atoms with van der Waals surface area (Å²) < 4.78 is 12.5. The lowest BCUT2D eigenvalue weighted by Crippen LogP contribution is -1.90. The van der Waals surface area contributed by atoms with E-state index in [1.807, 2.05) is 13.8 Å². The number of anilines is 1. The van der Waals surface area contributed by atoms with Crippen LogP contribution in [0.25, 0.3) is 0 Å². The van der Waals surface area contributed by atoms with Gasteiger partial charge in [-0.3, -0.25) is 0 Å². The standard InChI is InChI=1S/C8H8FN.C2H6/c9-7-1-2-8-6(5-7)3-4-10-8;1-2/h1-2,5,10H,3-4H2;1-2H3. The Morgan fingerprint density at radius 2 is 2.08 bits per heavy atom. The highest BCUT2D eigenvalue weighted by atomic mass is 19.1. The normalized spacial score (nSPS) is 12.6. The van der Waals surface area contributed by atoms with Crippen molar-refractivity contribution in [3.63, 3.8) is 0 Å². The van der Waals surface area contributed by atoms with E-state index in [4.69, 9.17) is 0 Å². The molecule has 0 spiro atoms. The van der Waals surface area contributed by atoms with Crippen LogP contribution in [0.3, 0.4) is 0 Å². The van der Waals surface area contributed by atoms with Crippen molar-refractivity contribution in [3.05, 3.63) is 29.6 Å². The van der Waals surface area contributed by atoms with E-state index in [0.29, 0.717) is 0 Å². The van der Waals surface area contributed by atoms with Gasteiger partial charge < -0.3 is 5.32 Å². The van der Waals surface area contributed by atoms with E-state index in [1.165, 1.54) is 6.07 Å². The lowest BCUT2D eigenvalue weighted by atomic mass is 10.2. The highest BCUT2D eigenvalue weighted by Gasteiger charge is 2.08. The molecule has 1 heterocycles. The predicted octanol–water partition coefficient (Wildman–Crippen LogP) is 2.82. The summed E-state index contributed by atoms with van der Waals surface area (Å²) in [6.07, 6.45) is 0.951. The summed E-state index contributed by atoms with van der Waals surface area (Å²) in [6, 6.07) is 4.87. The van der Waals surface area contributed by atoms with Crippen molar-refractivity contribution in [1.82, 2.24) is 0 Å². The first kappa shape index (κ1) is 9.04. The van der Waals surface area contributed by atoms with Crippen LogP contribution in [0.2, 0.25) is 0 Å². The van der Waals surface area contributed by atoms with Crippen molar-refractivity contribution < 1.29 is 4.39 Å². The molecule has 0 aliphatic carbocycles. The largest absolute Gasteiger partial charge is 0.384 e. The van der Waals surface area contributed by atoms with Crippen molar-refractivity contribution in [2.75, 3.05) is 11.9 Å². The summed E-state index contributed by atoms with van der Waals surface area (Å²) in [4.78, 5) is 0. The Bertz CT molecular complexity index is 258. The van der Waals surface area contributed by atoms with E-state index in [1.54, 1.807) is 12.1 Å². The van der Waals surface area contributed by atoms with Gasteiger partial charge in [-0.05, 0) is 30.2 Å². The van der Waals surface area contributed by atoms with Gasteiger partial charge in [0.05, 0.1) is 0 Å². The molecule has 2 heteroatoms. The fraction of sp³-hybridized carbons (Fsp3) is 0.400. The highest BCUT2D eigenvalue weighted by molar-refractivity contribution is 5.55. The van der Waals surface area contributed by atoms with Crippen LogP contribution in [-0.4, -0.2) is 6.54 Å². The van der Waals surface area contributed by atoms with Crippen molar-refractivity contribution >= 4 is 5.69 Å². The van der Waals surface area contributed by atoms with Gasteiger partial charge in [0.25, 0.3) is 0 Å². The molecule has 0 fully saturated rings. The van der Waals surface area contributed by atoms with E-state index in [-0.39, 0.29) is 5.82 Å². The molecule has 1 N–H and O–H groups in total. The molecular weight excluding hydrogens is 153 g/mol. The van der Waals surface area contributed by atoms with E-state index in [9.17, 15) is 4.39 Å². The first-order chi connectivity index (χ1) is 5.86. The Hall–Kier alpha value is -1.05. The van der Waals surface area contributed by atoms with Crippen LogP contribution in [-0.2, 0) is 6.42 Å². The Labute approximate surface area is 72.6 Å². The third-order valence-electron chi connectivity index (χ3n) is 1.78. The minimum atomic E-state index is -0.137. The zero-order valence-electron chi connectivity index (χ0n) is 7.52. The maximum absolute atomic E-state index is 12.5. The summed E-state index contributed by atoms with van der Waals surface area (Å²) in [6.45, 7) is 4.94. The van der Waals surface area contributed by atoms with E-state index in [2.05, 4.69) is 5.32 Å². The molecule has 0 radical (unpaired) electrons. The molecule has 0 aromatic heterocycles. The minimum Gasteiger partial charge on any atom is -0.384 e. The quantitative estimate of drug-likeness (QED) is 0.626. The van der Waals surface area contributed by atoms with Crippen LogP contribution in [0.1, 0.15) is 19.4 Å².